The Hall–Kier alpha value is -1.66. The summed E-state index contributed by atoms with van der Waals surface area (Å²) in [7, 11) is 1.76. The third kappa shape index (κ3) is 2.06. The van der Waals surface area contributed by atoms with Crippen LogP contribution in [0.1, 0.15) is 4.88 Å². The smallest absolute Gasteiger partial charge is 0.264 e. The first-order valence-electron chi connectivity index (χ1n) is 5.80. The molecule has 0 spiro atoms. The second-order valence-electron chi connectivity index (χ2n) is 4.37. The number of anilines is 1. The standard InChI is InChI=1S/C13H12N2O2S2/c1-7-12(14-13(18)19-7)8-3-4-10-9(5-8)15(2)11(16)6-17-10/h3-5H,6H2,1-2H3,(H,14,18). The Labute approximate surface area is 119 Å². The maximum Gasteiger partial charge on any atom is 0.264 e. The van der Waals surface area contributed by atoms with Crippen LogP contribution in [0.5, 0.6) is 5.75 Å². The van der Waals surface area contributed by atoms with Crippen molar-refractivity contribution in [2.45, 2.75) is 6.92 Å². The second-order valence-corrected chi connectivity index (χ2v) is 6.26. The van der Waals surface area contributed by atoms with E-state index >= 15 is 0 Å². The molecule has 1 aliphatic rings. The summed E-state index contributed by atoms with van der Waals surface area (Å²) in [4.78, 5) is 17.6. The number of aryl methyl sites for hydroxylation is 1. The molecule has 2 heterocycles. The molecule has 0 aliphatic carbocycles. The van der Waals surface area contributed by atoms with E-state index in [1.54, 1.807) is 23.3 Å². The van der Waals surface area contributed by atoms with E-state index in [0.29, 0.717) is 0 Å². The molecule has 1 aliphatic heterocycles. The fourth-order valence-corrected chi connectivity index (χ4v) is 3.29. The Bertz CT molecular complexity index is 718. The van der Waals surface area contributed by atoms with Gasteiger partial charge in [0.2, 0.25) is 0 Å². The predicted octanol–water partition coefficient (Wildman–Crippen LogP) is 3.14. The molecule has 0 unspecified atom stereocenters. The van der Waals surface area contributed by atoms with Gasteiger partial charge in [0, 0.05) is 17.5 Å². The van der Waals surface area contributed by atoms with Crippen LogP contribution in [-0.2, 0) is 4.79 Å². The quantitative estimate of drug-likeness (QED) is 0.821. The van der Waals surface area contributed by atoms with Gasteiger partial charge in [-0.25, -0.2) is 0 Å². The van der Waals surface area contributed by atoms with Gasteiger partial charge in [0.25, 0.3) is 5.91 Å². The van der Waals surface area contributed by atoms with Crippen LogP contribution in [0, 0.1) is 10.9 Å². The van der Waals surface area contributed by atoms with Crippen molar-refractivity contribution in [3.63, 3.8) is 0 Å². The van der Waals surface area contributed by atoms with Crippen molar-refractivity contribution < 1.29 is 9.53 Å². The maximum atomic E-state index is 11.7. The van der Waals surface area contributed by atoms with E-state index in [2.05, 4.69) is 4.98 Å². The third-order valence-corrected chi connectivity index (χ3v) is 4.31. The zero-order chi connectivity index (χ0) is 13.6. The van der Waals surface area contributed by atoms with Gasteiger partial charge in [-0.05, 0) is 37.3 Å². The Morgan fingerprint density at radius 2 is 2.26 bits per heavy atom. The molecule has 1 aromatic carbocycles. The first-order valence-corrected chi connectivity index (χ1v) is 7.02. The van der Waals surface area contributed by atoms with E-state index in [-0.39, 0.29) is 12.5 Å². The molecule has 0 atom stereocenters. The lowest BCUT2D eigenvalue weighted by Crippen LogP contribution is -2.35. The van der Waals surface area contributed by atoms with E-state index in [1.165, 1.54) is 0 Å². The fraction of sp³-hybridized carbons (Fsp3) is 0.231. The zero-order valence-electron chi connectivity index (χ0n) is 10.5. The number of thiazole rings is 1. The van der Waals surface area contributed by atoms with Gasteiger partial charge < -0.3 is 14.6 Å². The van der Waals surface area contributed by atoms with Crippen molar-refractivity contribution in [1.82, 2.24) is 4.98 Å². The molecule has 98 valence electrons. The number of amides is 1. The molecule has 0 radical (unpaired) electrons. The van der Waals surface area contributed by atoms with Gasteiger partial charge in [0.05, 0.1) is 11.4 Å². The van der Waals surface area contributed by atoms with Crippen LogP contribution in [0.15, 0.2) is 18.2 Å². The average Bonchev–Trinajstić information content (AvgIpc) is 2.73. The van der Waals surface area contributed by atoms with Gasteiger partial charge in [-0.1, -0.05) is 0 Å². The number of nitrogens with zero attached hydrogens (tertiary/aromatic N) is 1. The van der Waals surface area contributed by atoms with Crippen molar-refractivity contribution in [2.24, 2.45) is 0 Å². The minimum atomic E-state index is -0.0420. The van der Waals surface area contributed by atoms with Crippen molar-refractivity contribution in [3.05, 3.63) is 27.0 Å². The second kappa shape index (κ2) is 4.47. The fourth-order valence-electron chi connectivity index (χ4n) is 2.11. The summed E-state index contributed by atoms with van der Waals surface area (Å²) in [5, 5.41) is 0. The number of hydrogen-bond acceptors (Lipinski definition) is 4. The number of nitrogens with one attached hydrogen (secondary N) is 1. The number of ether oxygens (including phenoxy) is 1. The Morgan fingerprint density at radius 3 is 2.95 bits per heavy atom. The summed E-state index contributed by atoms with van der Waals surface area (Å²) in [6.07, 6.45) is 0. The normalized spacial score (nSPS) is 14.2. The number of hydrogen-bond donors (Lipinski definition) is 1. The highest BCUT2D eigenvalue weighted by molar-refractivity contribution is 7.73. The molecule has 0 fully saturated rings. The van der Waals surface area contributed by atoms with Gasteiger partial charge in [0.15, 0.2) is 10.6 Å². The minimum absolute atomic E-state index is 0.0420. The van der Waals surface area contributed by atoms with Gasteiger partial charge in [0.1, 0.15) is 5.75 Å². The largest absolute Gasteiger partial charge is 0.482 e. The van der Waals surface area contributed by atoms with Gasteiger partial charge in [-0.2, -0.15) is 0 Å². The van der Waals surface area contributed by atoms with Crippen molar-refractivity contribution >= 4 is 35.1 Å². The number of aromatic amines is 1. The first-order chi connectivity index (χ1) is 9.06. The summed E-state index contributed by atoms with van der Waals surface area (Å²) < 4.78 is 6.17. The Morgan fingerprint density at radius 1 is 1.47 bits per heavy atom. The molecule has 0 bridgehead atoms. The van der Waals surface area contributed by atoms with E-state index in [0.717, 1.165) is 31.5 Å². The minimum Gasteiger partial charge on any atom is -0.482 e. The van der Waals surface area contributed by atoms with Gasteiger partial charge in [-0.15, -0.1) is 11.3 Å². The van der Waals surface area contributed by atoms with Crippen LogP contribution in [0.4, 0.5) is 5.69 Å². The van der Waals surface area contributed by atoms with Crippen LogP contribution in [-0.4, -0.2) is 24.5 Å². The average molecular weight is 292 g/mol. The van der Waals surface area contributed by atoms with Crippen molar-refractivity contribution in [2.75, 3.05) is 18.6 Å². The van der Waals surface area contributed by atoms with Crippen molar-refractivity contribution in [1.29, 1.82) is 0 Å². The molecule has 4 nitrogen and oxygen atoms in total. The molecule has 6 heteroatoms. The number of benzene rings is 1. The van der Waals surface area contributed by atoms with Crippen molar-refractivity contribution in [3.8, 4) is 17.0 Å². The summed E-state index contributed by atoms with van der Waals surface area (Å²) in [6, 6.07) is 5.82. The summed E-state index contributed by atoms with van der Waals surface area (Å²) in [6.45, 7) is 2.12. The maximum absolute atomic E-state index is 11.7. The molecular formula is C13H12N2O2S2. The number of H-pyrrole nitrogens is 1. The predicted molar refractivity (Wildman–Crippen MR) is 78.6 cm³/mol. The lowest BCUT2D eigenvalue weighted by molar-refractivity contribution is -0.120. The Kier molecular flexibility index (Phi) is 2.91. The van der Waals surface area contributed by atoms with Crippen LogP contribution in [0.3, 0.4) is 0 Å². The molecule has 19 heavy (non-hydrogen) atoms. The van der Waals surface area contributed by atoms with Gasteiger partial charge >= 0.3 is 0 Å². The lowest BCUT2D eigenvalue weighted by Gasteiger charge is -2.26. The molecule has 1 N–H and O–H groups in total. The van der Waals surface area contributed by atoms with Gasteiger partial charge in [-0.3, -0.25) is 4.79 Å². The number of fused-ring (bicyclic) bond motifs is 1. The number of carbonyl (C=O) groups is 1. The highest BCUT2D eigenvalue weighted by atomic mass is 32.1. The summed E-state index contributed by atoms with van der Waals surface area (Å²) in [5.41, 5.74) is 2.80. The van der Waals surface area contributed by atoms with Crippen LogP contribution >= 0.6 is 23.6 Å². The molecule has 0 saturated carbocycles. The van der Waals surface area contributed by atoms with E-state index in [1.807, 2.05) is 25.1 Å². The number of likely N-dealkylation sites (N-methyl/N-ethyl adjacent to an activating group) is 1. The summed E-state index contributed by atoms with van der Waals surface area (Å²) in [5.74, 6) is 0.692. The SMILES string of the molecule is Cc1sc(=S)[nH]c1-c1ccc2c(c1)N(C)C(=O)CO2. The lowest BCUT2D eigenvalue weighted by atomic mass is 10.1. The topological polar surface area (TPSA) is 45.3 Å². The number of carbonyl (C=O) groups excluding carboxylic acids is 1. The monoisotopic (exact) mass is 292 g/mol. The number of rotatable bonds is 1. The third-order valence-electron chi connectivity index (χ3n) is 3.16. The Balaban J connectivity index is 2.13. The first kappa shape index (κ1) is 12.4. The summed E-state index contributed by atoms with van der Waals surface area (Å²) >= 11 is 6.71. The van der Waals surface area contributed by atoms with E-state index < -0.39 is 0 Å². The zero-order valence-corrected chi connectivity index (χ0v) is 12.2. The van der Waals surface area contributed by atoms with Crippen LogP contribution in [0.2, 0.25) is 0 Å². The highest BCUT2D eigenvalue weighted by Crippen LogP contribution is 2.36. The molecular weight excluding hydrogens is 280 g/mol. The number of aromatic nitrogens is 1. The van der Waals surface area contributed by atoms with Crippen LogP contribution < -0.4 is 9.64 Å². The molecule has 1 aromatic heterocycles. The van der Waals surface area contributed by atoms with E-state index in [4.69, 9.17) is 17.0 Å². The molecule has 3 rings (SSSR count). The molecule has 0 saturated heterocycles. The molecule has 1 amide bonds. The van der Waals surface area contributed by atoms with E-state index in [9.17, 15) is 4.79 Å². The molecule has 2 aromatic rings. The van der Waals surface area contributed by atoms with Crippen LogP contribution in [0.25, 0.3) is 11.3 Å². The highest BCUT2D eigenvalue weighted by Gasteiger charge is 2.22.